The number of halogens is 4. The molecule has 1 saturated carbocycles. The molecule has 1 N–H and O–H groups in total. The maximum atomic E-state index is 14.1. The molecule has 13 heteroatoms. The summed E-state index contributed by atoms with van der Waals surface area (Å²) >= 11 is 6.18. The number of hydrogen-bond acceptors (Lipinski definition) is 7. The lowest BCUT2D eigenvalue weighted by atomic mass is 10.1. The first-order valence-corrected chi connectivity index (χ1v) is 13.1. The summed E-state index contributed by atoms with van der Waals surface area (Å²) in [6, 6.07) is 2.35. The first-order valence-electron chi connectivity index (χ1n) is 11.1. The molecule has 1 aliphatic carbocycles. The molecule has 8 nitrogen and oxygen atoms in total. The molecule has 0 spiro atoms. The number of hydrogen-bond donors (Lipinski definition) is 1. The van der Waals surface area contributed by atoms with Crippen molar-refractivity contribution in [1.29, 1.82) is 0 Å². The Balaban J connectivity index is 1.77. The molecule has 1 aliphatic rings. The zero-order valence-electron chi connectivity index (χ0n) is 18.9. The van der Waals surface area contributed by atoms with Crippen LogP contribution in [0.15, 0.2) is 34.1 Å². The zero-order chi connectivity index (χ0) is 25.5. The summed E-state index contributed by atoms with van der Waals surface area (Å²) in [6.07, 6.45) is -2.29. The second kappa shape index (κ2) is 9.38. The van der Waals surface area contributed by atoms with Gasteiger partial charge in [0.25, 0.3) is 5.56 Å². The van der Waals surface area contributed by atoms with Gasteiger partial charge in [-0.05, 0) is 48.9 Å². The number of alkyl halides is 3. The largest absolute Gasteiger partial charge is 0.409 e. The fourth-order valence-corrected chi connectivity index (χ4v) is 4.94. The number of sulfone groups is 1. The van der Waals surface area contributed by atoms with E-state index in [1.807, 2.05) is 6.92 Å². The molecule has 0 bridgehead atoms. The van der Waals surface area contributed by atoms with E-state index in [0.29, 0.717) is 35.1 Å². The molecule has 1 unspecified atom stereocenters. The van der Waals surface area contributed by atoms with Crippen LogP contribution in [0.2, 0.25) is 5.15 Å². The first-order chi connectivity index (χ1) is 16.5. The molecule has 3 aromatic heterocycles. The van der Waals surface area contributed by atoms with Crippen LogP contribution in [0.4, 0.5) is 19.0 Å². The third kappa shape index (κ3) is 5.13. The quantitative estimate of drug-likeness (QED) is 0.433. The fraction of sp³-hybridized carbons (Fsp3) is 0.455. The lowest BCUT2D eigenvalue weighted by molar-refractivity contribution is -0.173. The van der Waals surface area contributed by atoms with E-state index in [4.69, 9.17) is 11.6 Å². The van der Waals surface area contributed by atoms with Gasteiger partial charge in [0.2, 0.25) is 0 Å². The number of rotatable bonds is 8. The molecular weight excluding hydrogens is 507 g/mol. The van der Waals surface area contributed by atoms with Crippen LogP contribution < -0.4 is 10.9 Å². The van der Waals surface area contributed by atoms with Crippen molar-refractivity contribution in [2.75, 3.05) is 11.1 Å². The Hall–Kier alpha value is -2.73. The summed E-state index contributed by atoms with van der Waals surface area (Å²) < 4.78 is 66.8. The Morgan fingerprint density at radius 2 is 1.94 bits per heavy atom. The Labute approximate surface area is 204 Å². The second-order valence-electron chi connectivity index (χ2n) is 8.34. The minimum atomic E-state index is -4.67. The van der Waals surface area contributed by atoms with Gasteiger partial charge in [0.15, 0.2) is 21.3 Å². The third-order valence-electron chi connectivity index (χ3n) is 5.93. The average molecular weight is 530 g/mol. The van der Waals surface area contributed by atoms with Gasteiger partial charge in [0.1, 0.15) is 16.7 Å². The van der Waals surface area contributed by atoms with Crippen LogP contribution >= 0.6 is 11.6 Å². The molecule has 35 heavy (non-hydrogen) atoms. The standard InChI is InChI=1S/C22H23ClF3N5O3S/c1-3-12-9-16-20(30-18(12)23)31(17(13-5-6-13)22(24,25)26)21(32)19(29-16)28-10-14-7-8-15(11-27-14)35(33,34)4-2/h7-9,11,13,17H,3-6,10H2,1-2H3,(H,28,29). The summed E-state index contributed by atoms with van der Waals surface area (Å²) in [5.74, 6) is -1.09. The number of anilines is 1. The molecule has 1 fully saturated rings. The average Bonchev–Trinajstić information content (AvgIpc) is 3.64. The van der Waals surface area contributed by atoms with E-state index in [-0.39, 0.29) is 39.3 Å². The molecule has 1 atom stereocenters. The number of aromatic nitrogens is 4. The lowest BCUT2D eigenvalue weighted by Gasteiger charge is -2.24. The SMILES string of the molecule is CCc1cc2nc(NCc3ccc(S(=O)(=O)CC)cn3)c(=O)n(C(C3CC3)C(F)(F)F)c2nc1Cl. The van der Waals surface area contributed by atoms with E-state index in [9.17, 15) is 26.4 Å². The van der Waals surface area contributed by atoms with Crippen molar-refractivity contribution in [3.8, 4) is 0 Å². The summed E-state index contributed by atoms with van der Waals surface area (Å²) in [4.78, 5) is 25.8. The number of aryl methyl sites for hydroxylation is 1. The molecule has 3 heterocycles. The van der Waals surface area contributed by atoms with E-state index < -0.39 is 33.5 Å². The molecule has 0 aromatic carbocycles. The van der Waals surface area contributed by atoms with Crippen LogP contribution in [0.3, 0.4) is 0 Å². The van der Waals surface area contributed by atoms with Gasteiger partial charge in [0.05, 0.1) is 22.9 Å². The van der Waals surface area contributed by atoms with Crippen molar-refractivity contribution in [1.82, 2.24) is 19.5 Å². The maximum absolute atomic E-state index is 14.1. The number of fused-ring (bicyclic) bond motifs is 1. The molecule has 188 valence electrons. The highest BCUT2D eigenvalue weighted by molar-refractivity contribution is 7.91. The Morgan fingerprint density at radius 3 is 2.49 bits per heavy atom. The van der Waals surface area contributed by atoms with E-state index in [1.165, 1.54) is 31.3 Å². The van der Waals surface area contributed by atoms with Crippen molar-refractivity contribution < 1.29 is 21.6 Å². The Morgan fingerprint density at radius 1 is 1.23 bits per heavy atom. The van der Waals surface area contributed by atoms with E-state index >= 15 is 0 Å². The normalized spacial score (nSPS) is 15.4. The van der Waals surface area contributed by atoms with Crippen LogP contribution in [-0.4, -0.2) is 39.9 Å². The molecule has 0 aliphatic heterocycles. The topological polar surface area (TPSA) is 107 Å². The molecule has 4 rings (SSSR count). The summed E-state index contributed by atoms with van der Waals surface area (Å²) in [5, 5.41) is 2.79. The first kappa shape index (κ1) is 25.4. The molecule has 0 saturated heterocycles. The highest BCUT2D eigenvalue weighted by atomic mass is 35.5. The van der Waals surface area contributed by atoms with E-state index in [0.717, 1.165) is 0 Å². The van der Waals surface area contributed by atoms with Gasteiger partial charge in [-0.1, -0.05) is 25.4 Å². The fourth-order valence-electron chi connectivity index (χ4n) is 3.85. The van der Waals surface area contributed by atoms with Gasteiger partial charge in [-0.25, -0.2) is 18.4 Å². The lowest BCUT2D eigenvalue weighted by Crippen LogP contribution is -2.38. The molecule has 3 aromatic rings. The van der Waals surface area contributed by atoms with Gasteiger partial charge >= 0.3 is 6.18 Å². The Bertz CT molecular complexity index is 1420. The van der Waals surface area contributed by atoms with Crippen molar-refractivity contribution in [3.63, 3.8) is 0 Å². The maximum Gasteiger partial charge on any atom is 0.409 e. The molecule has 0 amide bonds. The van der Waals surface area contributed by atoms with Crippen LogP contribution in [0.25, 0.3) is 11.2 Å². The van der Waals surface area contributed by atoms with Crippen molar-refractivity contribution in [2.45, 2.75) is 56.8 Å². The highest BCUT2D eigenvalue weighted by Crippen LogP contribution is 2.48. The zero-order valence-corrected chi connectivity index (χ0v) is 20.5. The Kier molecular flexibility index (Phi) is 6.80. The minimum absolute atomic E-state index is 0.0266. The van der Waals surface area contributed by atoms with Crippen LogP contribution in [0.1, 0.15) is 44.0 Å². The van der Waals surface area contributed by atoms with Gasteiger partial charge in [-0.15, -0.1) is 0 Å². The van der Waals surface area contributed by atoms with E-state index in [1.54, 1.807) is 0 Å². The molecule has 0 radical (unpaired) electrons. The predicted octanol–water partition coefficient (Wildman–Crippen LogP) is 4.32. The van der Waals surface area contributed by atoms with Gasteiger partial charge in [-0.2, -0.15) is 13.2 Å². The third-order valence-corrected chi connectivity index (χ3v) is 7.97. The predicted molar refractivity (Wildman–Crippen MR) is 125 cm³/mol. The van der Waals surface area contributed by atoms with Crippen molar-refractivity contribution in [2.24, 2.45) is 5.92 Å². The molecular formula is C22H23ClF3N5O3S. The van der Waals surface area contributed by atoms with Crippen molar-refractivity contribution >= 4 is 38.4 Å². The van der Waals surface area contributed by atoms with Gasteiger partial charge < -0.3 is 5.32 Å². The highest BCUT2D eigenvalue weighted by Gasteiger charge is 2.51. The number of pyridine rings is 2. The van der Waals surface area contributed by atoms with Gasteiger partial charge in [-0.3, -0.25) is 14.3 Å². The van der Waals surface area contributed by atoms with Crippen LogP contribution in [-0.2, 0) is 22.8 Å². The van der Waals surface area contributed by atoms with Gasteiger partial charge in [0, 0.05) is 6.20 Å². The van der Waals surface area contributed by atoms with Crippen LogP contribution in [0.5, 0.6) is 0 Å². The minimum Gasteiger partial charge on any atom is -0.360 e. The van der Waals surface area contributed by atoms with Crippen molar-refractivity contribution in [3.05, 3.63) is 51.2 Å². The second-order valence-corrected chi connectivity index (χ2v) is 11.0. The monoisotopic (exact) mass is 529 g/mol. The summed E-state index contributed by atoms with van der Waals surface area (Å²) in [7, 11) is -3.43. The summed E-state index contributed by atoms with van der Waals surface area (Å²) in [6.45, 7) is 3.28. The van der Waals surface area contributed by atoms with Crippen LogP contribution in [0, 0.1) is 5.92 Å². The number of nitrogens with zero attached hydrogens (tertiary/aromatic N) is 4. The number of nitrogens with one attached hydrogen (secondary N) is 1. The smallest absolute Gasteiger partial charge is 0.360 e. The van der Waals surface area contributed by atoms with E-state index in [2.05, 4.69) is 20.3 Å². The summed E-state index contributed by atoms with van der Waals surface area (Å²) in [5.41, 5.74) is -0.104.